The van der Waals surface area contributed by atoms with Gasteiger partial charge in [0.2, 0.25) is 0 Å². The summed E-state index contributed by atoms with van der Waals surface area (Å²) in [5.74, 6) is 0.653. The average molecular weight is 227 g/mol. The molecule has 0 saturated carbocycles. The van der Waals surface area contributed by atoms with Crippen molar-refractivity contribution in [3.63, 3.8) is 0 Å². The van der Waals surface area contributed by atoms with E-state index in [-0.39, 0.29) is 0 Å². The fraction of sp³-hybridized carbons (Fsp3) is 0.727. The van der Waals surface area contributed by atoms with E-state index in [1.54, 1.807) is 11.3 Å². The zero-order valence-electron chi connectivity index (χ0n) is 10.0. The van der Waals surface area contributed by atoms with Crippen molar-refractivity contribution in [1.82, 2.24) is 15.2 Å². The summed E-state index contributed by atoms with van der Waals surface area (Å²) in [6.45, 7) is 6.53. The molecule has 0 radical (unpaired) electrons. The molecule has 1 atom stereocenters. The second kappa shape index (κ2) is 6.20. The molecule has 4 heteroatoms. The van der Waals surface area contributed by atoms with E-state index in [4.69, 9.17) is 0 Å². The molecule has 0 aromatic carbocycles. The Kier molecular flexibility index (Phi) is 5.22. The number of rotatable bonds is 6. The second-order valence-corrected chi connectivity index (χ2v) is 5.43. The maximum atomic E-state index is 4.07. The van der Waals surface area contributed by atoms with Crippen LogP contribution in [0.25, 0.3) is 0 Å². The van der Waals surface area contributed by atoms with Gasteiger partial charge in [-0.2, -0.15) is 0 Å². The SMILES string of the molecule is CC(C)C(CN(C)C)NCc1cncs1. The Bertz CT molecular complexity index is 257. The lowest BCUT2D eigenvalue weighted by Crippen LogP contribution is -2.41. The average Bonchev–Trinajstić information content (AvgIpc) is 2.63. The van der Waals surface area contributed by atoms with Gasteiger partial charge in [0.1, 0.15) is 0 Å². The van der Waals surface area contributed by atoms with E-state index in [0.717, 1.165) is 13.1 Å². The Morgan fingerprint density at radius 1 is 1.47 bits per heavy atom. The van der Waals surface area contributed by atoms with Crippen molar-refractivity contribution in [3.8, 4) is 0 Å². The molecule has 0 saturated heterocycles. The zero-order chi connectivity index (χ0) is 11.3. The smallest absolute Gasteiger partial charge is 0.0794 e. The van der Waals surface area contributed by atoms with Crippen LogP contribution in [0.4, 0.5) is 0 Å². The van der Waals surface area contributed by atoms with Crippen LogP contribution < -0.4 is 5.32 Å². The van der Waals surface area contributed by atoms with Crippen LogP contribution in [0.3, 0.4) is 0 Å². The summed E-state index contributed by atoms with van der Waals surface area (Å²) in [7, 11) is 4.23. The molecule has 1 N–H and O–H groups in total. The minimum atomic E-state index is 0.544. The molecular formula is C11H21N3S. The highest BCUT2D eigenvalue weighted by Crippen LogP contribution is 2.08. The molecule has 1 heterocycles. The normalized spacial score (nSPS) is 13.7. The van der Waals surface area contributed by atoms with Gasteiger partial charge in [0.25, 0.3) is 0 Å². The van der Waals surface area contributed by atoms with Gasteiger partial charge in [-0.25, -0.2) is 0 Å². The molecule has 0 aliphatic heterocycles. The van der Waals surface area contributed by atoms with E-state index in [9.17, 15) is 0 Å². The van der Waals surface area contributed by atoms with Gasteiger partial charge in [0, 0.05) is 30.2 Å². The monoisotopic (exact) mass is 227 g/mol. The molecule has 0 fully saturated rings. The maximum Gasteiger partial charge on any atom is 0.0794 e. The van der Waals surface area contributed by atoms with Crippen molar-refractivity contribution in [3.05, 3.63) is 16.6 Å². The quantitative estimate of drug-likeness (QED) is 0.803. The predicted octanol–water partition coefficient (Wildman–Crippen LogP) is 1.82. The van der Waals surface area contributed by atoms with Crippen molar-refractivity contribution in [2.75, 3.05) is 20.6 Å². The van der Waals surface area contributed by atoms with Crippen LogP contribution in [-0.4, -0.2) is 36.6 Å². The summed E-state index contributed by atoms with van der Waals surface area (Å²) in [6.07, 6.45) is 1.94. The van der Waals surface area contributed by atoms with E-state index in [0.29, 0.717) is 12.0 Å². The first-order chi connectivity index (χ1) is 7.09. The number of nitrogens with zero attached hydrogens (tertiary/aromatic N) is 2. The number of likely N-dealkylation sites (N-methyl/N-ethyl adjacent to an activating group) is 1. The van der Waals surface area contributed by atoms with Crippen LogP contribution >= 0.6 is 11.3 Å². The van der Waals surface area contributed by atoms with Crippen LogP contribution in [0, 0.1) is 5.92 Å². The van der Waals surface area contributed by atoms with Gasteiger partial charge in [-0.15, -0.1) is 11.3 Å². The molecule has 0 bridgehead atoms. The van der Waals surface area contributed by atoms with Crippen molar-refractivity contribution in [2.24, 2.45) is 5.92 Å². The second-order valence-electron chi connectivity index (χ2n) is 4.46. The topological polar surface area (TPSA) is 28.2 Å². The molecule has 3 nitrogen and oxygen atoms in total. The lowest BCUT2D eigenvalue weighted by molar-refractivity contribution is 0.288. The fourth-order valence-electron chi connectivity index (χ4n) is 1.47. The van der Waals surface area contributed by atoms with Crippen molar-refractivity contribution in [2.45, 2.75) is 26.4 Å². The molecule has 0 aliphatic rings. The third kappa shape index (κ3) is 4.73. The van der Waals surface area contributed by atoms with Gasteiger partial charge >= 0.3 is 0 Å². The first-order valence-corrected chi connectivity index (χ1v) is 6.23. The highest BCUT2D eigenvalue weighted by atomic mass is 32.1. The van der Waals surface area contributed by atoms with Gasteiger partial charge in [-0.3, -0.25) is 4.98 Å². The minimum Gasteiger partial charge on any atom is -0.308 e. The number of hydrogen-bond donors (Lipinski definition) is 1. The Morgan fingerprint density at radius 2 is 2.20 bits per heavy atom. The van der Waals surface area contributed by atoms with Gasteiger partial charge in [-0.1, -0.05) is 13.8 Å². The minimum absolute atomic E-state index is 0.544. The lowest BCUT2D eigenvalue weighted by atomic mass is 10.0. The largest absolute Gasteiger partial charge is 0.308 e. The van der Waals surface area contributed by atoms with Crippen LogP contribution in [0.15, 0.2) is 11.7 Å². The van der Waals surface area contributed by atoms with Crippen LogP contribution in [0.1, 0.15) is 18.7 Å². The molecule has 1 aromatic rings. The van der Waals surface area contributed by atoms with Crippen LogP contribution in [0.5, 0.6) is 0 Å². The predicted molar refractivity (Wildman–Crippen MR) is 66.1 cm³/mol. The standard InChI is InChI=1S/C11H21N3S/c1-9(2)11(7-14(3)4)13-6-10-5-12-8-15-10/h5,8-9,11,13H,6-7H2,1-4H3. The fourth-order valence-corrected chi connectivity index (χ4v) is 2.01. The van der Waals surface area contributed by atoms with E-state index in [2.05, 4.69) is 43.1 Å². The summed E-state index contributed by atoms with van der Waals surface area (Å²) in [5, 5.41) is 3.58. The molecule has 0 amide bonds. The number of nitrogens with one attached hydrogen (secondary N) is 1. The third-order valence-corrected chi connectivity index (χ3v) is 3.17. The van der Waals surface area contributed by atoms with Gasteiger partial charge in [0.15, 0.2) is 0 Å². The van der Waals surface area contributed by atoms with Gasteiger partial charge in [0.05, 0.1) is 5.51 Å². The number of thiazole rings is 1. The molecule has 86 valence electrons. The molecule has 0 aliphatic carbocycles. The Labute approximate surface area is 96.5 Å². The van der Waals surface area contributed by atoms with E-state index in [1.807, 2.05) is 11.7 Å². The Morgan fingerprint density at radius 3 is 2.67 bits per heavy atom. The summed E-state index contributed by atoms with van der Waals surface area (Å²) in [4.78, 5) is 7.61. The van der Waals surface area contributed by atoms with E-state index >= 15 is 0 Å². The molecular weight excluding hydrogens is 206 g/mol. The molecule has 0 spiro atoms. The van der Waals surface area contributed by atoms with Gasteiger partial charge in [-0.05, 0) is 20.0 Å². The third-order valence-electron chi connectivity index (χ3n) is 2.39. The molecule has 1 unspecified atom stereocenters. The maximum absolute atomic E-state index is 4.07. The highest BCUT2D eigenvalue weighted by Gasteiger charge is 2.13. The number of aromatic nitrogens is 1. The van der Waals surface area contributed by atoms with E-state index < -0.39 is 0 Å². The van der Waals surface area contributed by atoms with Gasteiger partial charge < -0.3 is 10.2 Å². The van der Waals surface area contributed by atoms with Crippen molar-refractivity contribution in [1.29, 1.82) is 0 Å². The van der Waals surface area contributed by atoms with Crippen molar-refractivity contribution < 1.29 is 0 Å². The summed E-state index contributed by atoms with van der Waals surface area (Å²) in [5.41, 5.74) is 1.88. The summed E-state index contributed by atoms with van der Waals surface area (Å²) < 4.78 is 0. The summed E-state index contributed by atoms with van der Waals surface area (Å²) in [6, 6.07) is 0.544. The first-order valence-electron chi connectivity index (χ1n) is 5.35. The Hall–Kier alpha value is -0.450. The van der Waals surface area contributed by atoms with E-state index in [1.165, 1.54) is 4.88 Å². The number of hydrogen-bond acceptors (Lipinski definition) is 4. The molecule has 1 aromatic heterocycles. The Balaban J connectivity index is 2.38. The van der Waals surface area contributed by atoms with Crippen molar-refractivity contribution >= 4 is 11.3 Å². The zero-order valence-corrected chi connectivity index (χ0v) is 10.8. The lowest BCUT2D eigenvalue weighted by Gasteiger charge is -2.25. The summed E-state index contributed by atoms with van der Waals surface area (Å²) >= 11 is 1.71. The first kappa shape index (κ1) is 12.6. The van der Waals surface area contributed by atoms with Crippen LogP contribution in [-0.2, 0) is 6.54 Å². The van der Waals surface area contributed by atoms with Crippen LogP contribution in [0.2, 0.25) is 0 Å². The molecule has 1 rings (SSSR count). The molecule has 15 heavy (non-hydrogen) atoms. The highest BCUT2D eigenvalue weighted by molar-refractivity contribution is 7.09.